The van der Waals surface area contributed by atoms with Crippen molar-refractivity contribution in [3.8, 4) is 5.88 Å². The first-order chi connectivity index (χ1) is 12.2. The highest BCUT2D eigenvalue weighted by molar-refractivity contribution is 7.98. The largest absolute Gasteiger partial charge is 0.591 e. The molecule has 2 heterocycles. The van der Waals surface area contributed by atoms with Gasteiger partial charge in [0.2, 0.25) is 5.88 Å². The predicted octanol–water partition coefficient (Wildman–Crippen LogP) is 3.86. The summed E-state index contributed by atoms with van der Waals surface area (Å²) in [5.74, 6) is 0.542. The molecule has 0 aliphatic carbocycles. The molecule has 0 fully saturated rings. The third-order valence-corrected chi connectivity index (χ3v) is 6.13. The van der Waals surface area contributed by atoms with Gasteiger partial charge in [0, 0.05) is 23.6 Å². The zero-order valence-electron chi connectivity index (χ0n) is 15.9. The second-order valence-corrected chi connectivity index (χ2v) is 10.3. The van der Waals surface area contributed by atoms with E-state index in [1.807, 2.05) is 45.4 Å². The maximum Gasteiger partial charge on any atom is 0.217 e. The smallest absolute Gasteiger partial charge is 0.217 e. The van der Waals surface area contributed by atoms with Gasteiger partial charge in [-0.1, -0.05) is 16.2 Å². The van der Waals surface area contributed by atoms with Crippen LogP contribution in [0.4, 0.5) is 0 Å². The minimum absolute atomic E-state index is 0.416. The van der Waals surface area contributed by atoms with E-state index in [0.29, 0.717) is 23.9 Å². The van der Waals surface area contributed by atoms with Gasteiger partial charge in [0.25, 0.3) is 0 Å². The number of methoxy groups -OCH3 is 1. The standard InChI is InChI=1S/C17H24N4O2S3/c1-11-18-14(10-25-11)13(21-26(22)17(2,3)4)8-7-12-9-15(23-5)20-16(19-12)24-6/h9-10H,7-8H2,1-6H3. The highest BCUT2D eigenvalue weighted by atomic mass is 32.2. The van der Waals surface area contributed by atoms with Crippen LogP contribution in [0.1, 0.15) is 43.6 Å². The van der Waals surface area contributed by atoms with Crippen molar-refractivity contribution >= 4 is 40.2 Å². The Morgan fingerprint density at radius 2 is 2.08 bits per heavy atom. The van der Waals surface area contributed by atoms with Crippen LogP contribution in [0.2, 0.25) is 0 Å². The lowest BCUT2D eigenvalue weighted by Crippen LogP contribution is -2.27. The van der Waals surface area contributed by atoms with Gasteiger partial charge in [-0.3, -0.25) is 0 Å². The Balaban J connectivity index is 2.26. The molecule has 6 nitrogen and oxygen atoms in total. The molecule has 1 unspecified atom stereocenters. The van der Waals surface area contributed by atoms with E-state index in [2.05, 4.69) is 19.3 Å². The first-order valence-corrected chi connectivity index (χ1v) is 11.3. The van der Waals surface area contributed by atoms with Gasteiger partial charge in [-0.15, -0.1) is 11.3 Å². The van der Waals surface area contributed by atoms with Gasteiger partial charge in [-0.2, -0.15) is 4.98 Å². The first kappa shape index (κ1) is 21.1. The Hall–Kier alpha value is -1.16. The van der Waals surface area contributed by atoms with E-state index in [1.165, 1.54) is 11.8 Å². The van der Waals surface area contributed by atoms with Crippen LogP contribution in [-0.2, 0) is 17.8 Å². The fourth-order valence-corrected chi connectivity index (χ4v) is 3.64. The van der Waals surface area contributed by atoms with Gasteiger partial charge >= 0.3 is 0 Å². The summed E-state index contributed by atoms with van der Waals surface area (Å²) in [7, 11) is 1.59. The highest BCUT2D eigenvalue weighted by Crippen LogP contribution is 2.22. The fourth-order valence-electron chi connectivity index (χ4n) is 1.97. The van der Waals surface area contributed by atoms with Crippen LogP contribution >= 0.6 is 23.1 Å². The molecular formula is C17H24N4O2S3. The normalized spacial score (nSPS) is 13.7. The second-order valence-electron chi connectivity index (χ2n) is 6.54. The SMILES string of the molecule is COc1cc(CCC(=N[S+]([O-])C(C)(C)C)c2csc(C)n2)nc(SC)n1. The molecular weight excluding hydrogens is 388 g/mol. The van der Waals surface area contributed by atoms with Crippen LogP contribution in [0.3, 0.4) is 0 Å². The van der Waals surface area contributed by atoms with Crippen molar-refractivity contribution in [2.45, 2.75) is 50.4 Å². The lowest BCUT2D eigenvalue weighted by atomic mass is 10.1. The zero-order chi connectivity index (χ0) is 19.3. The molecule has 0 aromatic carbocycles. The maximum atomic E-state index is 12.5. The molecule has 26 heavy (non-hydrogen) atoms. The molecule has 1 atom stereocenters. The fraction of sp³-hybridized carbons (Fsp3) is 0.529. The van der Waals surface area contributed by atoms with Crippen LogP contribution in [0.25, 0.3) is 0 Å². The zero-order valence-corrected chi connectivity index (χ0v) is 18.3. The summed E-state index contributed by atoms with van der Waals surface area (Å²) in [5, 5.41) is 3.59. The Labute approximate surface area is 166 Å². The predicted molar refractivity (Wildman–Crippen MR) is 110 cm³/mol. The molecule has 2 rings (SSSR count). The van der Waals surface area contributed by atoms with Gasteiger partial charge < -0.3 is 9.29 Å². The van der Waals surface area contributed by atoms with Crippen LogP contribution in [0, 0.1) is 6.92 Å². The number of aromatic nitrogens is 3. The van der Waals surface area contributed by atoms with Crippen molar-refractivity contribution in [2.24, 2.45) is 4.40 Å². The van der Waals surface area contributed by atoms with Crippen molar-refractivity contribution < 1.29 is 9.29 Å². The molecule has 0 saturated carbocycles. The Kier molecular flexibility index (Phi) is 7.45. The van der Waals surface area contributed by atoms with Gasteiger partial charge in [0.1, 0.15) is 27.5 Å². The summed E-state index contributed by atoms with van der Waals surface area (Å²) in [6.07, 6.45) is 3.16. The molecule has 0 bridgehead atoms. The minimum atomic E-state index is -1.34. The monoisotopic (exact) mass is 412 g/mol. The molecule has 0 radical (unpaired) electrons. The van der Waals surface area contributed by atoms with Crippen molar-refractivity contribution in [1.29, 1.82) is 0 Å². The molecule has 0 saturated heterocycles. The number of thiazole rings is 1. The van der Waals surface area contributed by atoms with E-state index >= 15 is 0 Å². The van der Waals surface area contributed by atoms with Crippen molar-refractivity contribution in [2.75, 3.05) is 13.4 Å². The first-order valence-electron chi connectivity index (χ1n) is 8.11. The molecule has 142 valence electrons. The Morgan fingerprint density at radius 3 is 2.62 bits per heavy atom. The highest BCUT2D eigenvalue weighted by Gasteiger charge is 2.28. The summed E-state index contributed by atoms with van der Waals surface area (Å²) in [4.78, 5) is 13.3. The quantitative estimate of drug-likeness (QED) is 0.297. The lowest BCUT2D eigenvalue weighted by Gasteiger charge is -2.19. The van der Waals surface area contributed by atoms with E-state index in [0.717, 1.165) is 22.1 Å². The summed E-state index contributed by atoms with van der Waals surface area (Å²) < 4.78 is 21.8. The number of hydrogen-bond donors (Lipinski definition) is 0. The lowest BCUT2D eigenvalue weighted by molar-refractivity contribution is 0.391. The number of nitrogens with zero attached hydrogens (tertiary/aromatic N) is 4. The van der Waals surface area contributed by atoms with Crippen LogP contribution in [-0.4, -0.2) is 43.3 Å². The Bertz CT molecular complexity index is 749. The summed E-state index contributed by atoms with van der Waals surface area (Å²) in [6.45, 7) is 7.69. The average Bonchev–Trinajstić information content (AvgIpc) is 3.03. The second kappa shape index (κ2) is 9.16. The molecule has 0 amide bonds. The average molecular weight is 413 g/mol. The van der Waals surface area contributed by atoms with E-state index in [9.17, 15) is 4.55 Å². The summed E-state index contributed by atoms with van der Waals surface area (Å²) in [5.41, 5.74) is 2.39. The summed E-state index contributed by atoms with van der Waals surface area (Å²) in [6, 6.07) is 1.82. The number of thioether (sulfide) groups is 1. The molecule has 2 aromatic heterocycles. The molecule has 0 N–H and O–H groups in total. The minimum Gasteiger partial charge on any atom is -0.591 e. The molecule has 0 aliphatic rings. The topological polar surface area (TPSA) is 83.3 Å². The van der Waals surface area contributed by atoms with E-state index in [4.69, 9.17) is 4.74 Å². The van der Waals surface area contributed by atoms with Gasteiger partial charge in [0.15, 0.2) is 5.16 Å². The maximum absolute atomic E-state index is 12.5. The van der Waals surface area contributed by atoms with Crippen molar-refractivity contribution in [1.82, 2.24) is 15.0 Å². The Morgan fingerprint density at radius 1 is 1.35 bits per heavy atom. The van der Waals surface area contributed by atoms with Crippen molar-refractivity contribution in [3.63, 3.8) is 0 Å². The van der Waals surface area contributed by atoms with Gasteiger partial charge in [-0.05, 0) is 40.4 Å². The van der Waals surface area contributed by atoms with Crippen LogP contribution in [0.5, 0.6) is 5.88 Å². The van der Waals surface area contributed by atoms with Gasteiger partial charge in [-0.25, -0.2) is 9.97 Å². The number of aryl methyl sites for hydroxylation is 2. The molecule has 9 heteroatoms. The number of hydrogen-bond acceptors (Lipinski definition) is 8. The number of ether oxygens (including phenoxy) is 1. The van der Waals surface area contributed by atoms with Crippen LogP contribution < -0.4 is 4.74 Å². The van der Waals surface area contributed by atoms with Crippen molar-refractivity contribution in [3.05, 3.63) is 27.8 Å². The third kappa shape index (κ3) is 5.94. The van der Waals surface area contributed by atoms with Gasteiger partial charge in [0.05, 0.1) is 12.1 Å². The molecule has 0 spiro atoms. The van der Waals surface area contributed by atoms with Crippen LogP contribution in [0.15, 0.2) is 21.0 Å². The molecule has 2 aromatic rings. The summed E-state index contributed by atoms with van der Waals surface area (Å²) >= 11 is 1.69. The number of rotatable bonds is 7. The van der Waals surface area contributed by atoms with E-state index in [1.54, 1.807) is 18.4 Å². The van der Waals surface area contributed by atoms with E-state index in [-0.39, 0.29) is 0 Å². The van der Waals surface area contributed by atoms with E-state index < -0.39 is 16.1 Å². The third-order valence-electron chi connectivity index (χ3n) is 3.38. The molecule has 0 aliphatic heterocycles.